The Hall–Kier alpha value is -0.860. The summed E-state index contributed by atoms with van der Waals surface area (Å²) in [6.07, 6.45) is 1.09. The van der Waals surface area contributed by atoms with Crippen molar-refractivity contribution in [3.05, 3.63) is 0 Å². The fourth-order valence-corrected chi connectivity index (χ4v) is 3.58. The van der Waals surface area contributed by atoms with Crippen LogP contribution >= 0.6 is 23.1 Å². The number of nitrogens with zero attached hydrogens (tertiary/aromatic N) is 4. The lowest BCUT2D eigenvalue weighted by Crippen LogP contribution is -2.29. The third kappa shape index (κ3) is 6.62. The Kier molecular flexibility index (Phi) is 8.63. The van der Waals surface area contributed by atoms with Gasteiger partial charge in [0.1, 0.15) is 0 Å². The summed E-state index contributed by atoms with van der Waals surface area (Å²) in [5.41, 5.74) is 0. The van der Waals surface area contributed by atoms with Crippen LogP contribution in [0.3, 0.4) is 0 Å². The van der Waals surface area contributed by atoms with Crippen LogP contribution in [0.5, 0.6) is 0 Å². The monoisotopic (exact) mass is 332 g/mol. The van der Waals surface area contributed by atoms with Crippen LogP contribution in [0.15, 0.2) is 4.34 Å². The molecule has 8 heteroatoms. The molecule has 0 saturated heterocycles. The third-order valence-electron chi connectivity index (χ3n) is 3.16. The Labute approximate surface area is 134 Å². The van der Waals surface area contributed by atoms with E-state index in [-0.39, 0.29) is 5.75 Å². The molecule has 0 spiro atoms. The van der Waals surface area contributed by atoms with Gasteiger partial charge in [-0.2, -0.15) is 0 Å². The van der Waals surface area contributed by atoms with Crippen molar-refractivity contribution in [2.45, 2.75) is 31.5 Å². The van der Waals surface area contributed by atoms with Gasteiger partial charge in [-0.15, -0.1) is 10.2 Å². The van der Waals surface area contributed by atoms with Crippen molar-refractivity contribution in [1.82, 2.24) is 15.1 Å². The van der Waals surface area contributed by atoms with Crippen molar-refractivity contribution in [1.29, 1.82) is 0 Å². The molecule has 1 heterocycles. The Morgan fingerprint density at radius 1 is 1.19 bits per heavy atom. The SMILES string of the molecule is CCN(CC)CCCN(CC)c1nnc(SCC(=O)O)s1. The lowest BCUT2D eigenvalue weighted by molar-refractivity contribution is -0.133. The zero-order valence-corrected chi connectivity index (χ0v) is 14.5. The normalized spacial score (nSPS) is 11.0. The second-order valence-corrected chi connectivity index (χ2v) is 6.67. The zero-order valence-electron chi connectivity index (χ0n) is 12.9. The van der Waals surface area contributed by atoms with Crippen LogP contribution in [0.1, 0.15) is 27.2 Å². The van der Waals surface area contributed by atoms with Crippen molar-refractivity contribution in [3.8, 4) is 0 Å². The number of carbonyl (C=O) groups is 1. The maximum atomic E-state index is 10.6. The van der Waals surface area contributed by atoms with Crippen LogP contribution in [-0.2, 0) is 4.79 Å². The summed E-state index contributed by atoms with van der Waals surface area (Å²) in [7, 11) is 0. The van der Waals surface area contributed by atoms with Gasteiger partial charge in [-0.25, -0.2) is 0 Å². The lowest BCUT2D eigenvalue weighted by atomic mass is 10.3. The molecule has 0 aromatic carbocycles. The molecule has 0 unspecified atom stereocenters. The number of carboxylic acid groups (broad SMARTS) is 1. The fourth-order valence-electron chi connectivity index (χ4n) is 1.93. The van der Waals surface area contributed by atoms with Crippen molar-refractivity contribution in [2.24, 2.45) is 0 Å². The highest BCUT2D eigenvalue weighted by atomic mass is 32.2. The van der Waals surface area contributed by atoms with E-state index >= 15 is 0 Å². The van der Waals surface area contributed by atoms with E-state index in [0.29, 0.717) is 0 Å². The number of aliphatic carboxylic acids is 1. The summed E-state index contributed by atoms with van der Waals surface area (Å²) in [6.45, 7) is 11.5. The van der Waals surface area contributed by atoms with Gasteiger partial charge < -0.3 is 14.9 Å². The molecule has 0 atom stereocenters. The molecule has 0 amide bonds. The Morgan fingerprint density at radius 2 is 1.90 bits per heavy atom. The zero-order chi connectivity index (χ0) is 15.7. The van der Waals surface area contributed by atoms with E-state index in [1.165, 1.54) is 23.1 Å². The molecule has 0 aliphatic heterocycles. The van der Waals surface area contributed by atoms with Crippen LogP contribution in [0, 0.1) is 0 Å². The predicted octanol–water partition coefficient (Wildman–Crippen LogP) is 2.27. The van der Waals surface area contributed by atoms with Gasteiger partial charge in [-0.05, 0) is 33.0 Å². The van der Waals surface area contributed by atoms with Gasteiger partial charge >= 0.3 is 5.97 Å². The third-order valence-corrected chi connectivity index (χ3v) is 5.27. The standard InChI is InChI=1S/C13H24N4O2S2/c1-4-16(5-2)8-7-9-17(6-3)12-14-15-13(21-12)20-10-11(18)19/h4-10H2,1-3H3,(H,18,19). The first-order valence-corrected chi connectivity index (χ1v) is 9.06. The molecule has 1 rings (SSSR count). The van der Waals surface area contributed by atoms with E-state index in [2.05, 4.69) is 40.8 Å². The summed E-state index contributed by atoms with van der Waals surface area (Å²) < 4.78 is 0.717. The summed E-state index contributed by atoms with van der Waals surface area (Å²) in [6, 6.07) is 0. The quantitative estimate of drug-likeness (QED) is 0.623. The molecule has 0 saturated carbocycles. The second kappa shape index (κ2) is 9.97. The molecule has 21 heavy (non-hydrogen) atoms. The number of aromatic nitrogens is 2. The van der Waals surface area contributed by atoms with Crippen molar-refractivity contribution < 1.29 is 9.90 Å². The average molecular weight is 332 g/mol. The molecule has 120 valence electrons. The van der Waals surface area contributed by atoms with E-state index in [4.69, 9.17) is 5.11 Å². The van der Waals surface area contributed by atoms with Crippen LogP contribution < -0.4 is 4.90 Å². The first-order chi connectivity index (χ1) is 10.1. The highest BCUT2D eigenvalue weighted by molar-refractivity contribution is 8.01. The summed E-state index contributed by atoms with van der Waals surface area (Å²) in [4.78, 5) is 15.2. The minimum absolute atomic E-state index is 0.0305. The molecule has 0 aliphatic rings. The number of hydrogen-bond acceptors (Lipinski definition) is 7. The number of thioether (sulfide) groups is 1. The molecule has 0 fully saturated rings. The van der Waals surface area contributed by atoms with E-state index < -0.39 is 5.97 Å². The Bertz CT molecular complexity index is 424. The highest BCUT2D eigenvalue weighted by Gasteiger charge is 2.12. The lowest BCUT2D eigenvalue weighted by Gasteiger charge is -2.22. The molecule has 1 aromatic rings. The molecule has 1 aromatic heterocycles. The van der Waals surface area contributed by atoms with Crippen molar-refractivity contribution in [2.75, 3.05) is 43.4 Å². The smallest absolute Gasteiger partial charge is 0.313 e. The van der Waals surface area contributed by atoms with Gasteiger partial charge in [0.15, 0.2) is 4.34 Å². The summed E-state index contributed by atoms with van der Waals surface area (Å²) in [5, 5.41) is 17.8. The minimum Gasteiger partial charge on any atom is -0.481 e. The van der Waals surface area contributed by atoms with Gasteiger partial charge in [0, 0.05) is 13.1 Å². The van der Waals surface area contributed by atoms with Crippen LogP contribution in [-0.4, -0.2) is 64.6 Å². The Balaban J connectivity index is 2.46. The number of rotatable bonds is 11. The van der Waals surface area contributed by atoms with Crippen LogP contribution in [0.2, 0.25) is 0 Å². The summed E-state index contributed by atoms with van der Waals surface area (Å²) in [5.74, 6) is -0.800. The van der Waals surface area contributed by atoms with Gasteiger partial charge in [0.25, 0.3) is 0 Å². The van der Waals surface area contributed by atoms with Crippen LogP contribution in [0.25, 0.3) is 0 Å². The maximum Gasteiger partial charge on any atom is 0.313 e. The molecule has 0 bridgehead atoms. The van der Waals surface area contributed by atoms with Crippen molar-refractivity contribution in [3.63, 3.8) is 0 Å². The number of carboxylic acids is 1. The Morgan fingerprint density at radius 3 is 2.48 bits per heavy atom. The molecule has 0 radical (unpaired) electrons. The van der Waals surface area contributed by atoms with Gasteiger partial charge in [0.2, 0.25) is 5.13 Å². The van der Waals surface area contributed by atoms with E-state index in [9.17, 15) is 4.79 Å². The van der Waals surface area contributed by atoms with E-state index in [0.717, 1.165) is 48.6 Å². The first kappa shape index (κ1) is 18.2. The number of hydrogen-bond donors (Lipinski definition) is 1. The van der Waals surface area contributed by atoms with E-state index in [1.807, 2.05) is 0 Å². The topological polar surface area (TPSA) is 69.6 Å². The molecule has 0 aliphatic carbocycles. The van der Waals surface area contributed by atoms with Gasteiger partial charge in [-0.3, -0.25) is 4.79 Å². The van der Waals surface area contributed by atoms with Crippen molar-refractivity contribution >= 4 is 34.2 Å². The molecule has 1 N–H and O–H groups in total. The largest absolute Gasteiger partial charge is 0.481 e. The highest BCUT2D eigenvalue weighted by Crippen LogP contribution is 2.27. The fraction of sp³-hybridized carbons (Fsp3) is 0.769. The predicted molar refractivity (Wildman–Crippen MR) is 88.6 cm³/mol. The molecular weight excluding hydrogens is 308 g/mol. The molecular formula is C13H24N4O2S2. The number of anilines is 1. The molecule has 6 nitrogen and oxygen atoms in total. The second-order valence-electron chi connectivity index (χ2n) is 4.49. The first-order valence-electron chi connectivity index (χ1n) is 7.26. The van der Waals surface area contributed by atoms with E-state index in [1.54, 1.807) is 0 Å². The maximum absolute atomic E-state index is 10.6. The summed E-state index contributed by atoms with van der Waals surface area (Å²) >= 11 is 2.69. The van der Waals surface area contributed by atoms with Gasteiger partial charge in [-0.1, -0.05) is 36.9 Å². The van der Waals surface area contributed by atoms with Gasteiger partial charge in [0.05, 0.1) is 5.75 Å². The van der Waals surface area contributed by atoms with Crippen LogP contribution in [0.4, 0.5) is 5.13 Å². The minimum atomic E-state index is -0.830. The average Bonchev–Trinajstić information content (AvgIpc) is 2.94.